The van der Waals surface area contributed by atoms with E-state index in [1.165, 1.54) is 98.7 Å². The zero-order valence-electron chi connectivity index (χ0n) is 35.4. The highest BCUT2D eigenvalue weighted by atomic mass is 16.5. The Balaban J connectivity index is 1.71. The van der Waals surface area contributed by atoms with Gasteiger partial charge in [0.1, 0.15) is 0 Å². The first-order chi connectivity index (χ1) is 26.3. The van der Waals surface area contributed by atoms with E-state index < -0.39 is 0 Å². The molecule has 0 fully saturated rings. The van der Waals surface area contributed by atoms with Gasteiger partial charge in [-0.15, -0.1) is 0 Å². The van der Waals surface area contributed by atoms with Gasteiger partial charge in [0.25, 0.3) is 0 Å². The molecule has 0 aliphatic carbocycles. The van der Waals surface area contributed by atoms with E-state index in [0.29, 0.717) is 0 Å². The Hall–Kier alpha value is -3.70. The van der Waals surface area contributed by atoms with E-state index in [1.54, 1.807) is 0 Å². The first-order valence-electron chi connectivity index (χ1n) is 21.9. The molecule has 290 valence electrons. The highest BCUT2D eigenvalue weighted by molar-refractivity contribution is 6.02. The molecule has 1 aromatic carbocycles. The molecule has 0 radical (unpaired) electrons. The van der Waals surface area contributed by atoms with Gasteiger partial charge in [0.05, 0.1) is 28.7 Å². The molecule has 5 heterocycles. The summed E-state index contributed by atoms with van der Waals surface area (Å²) in [6.07, 6.45) is 15.2. The zero-order chi connectivity index (χ0) is 38.6. The SMILES string of the molecule is CCCCCCCCOC(C)c1ccc2c3nc(cc4[nH]c(cc5[nH]c(cc6nc2c1C6(CC)CC)c(CC)c5CC)c(CC)c4CC)C(CC)=C3CC. The Kier molecular flexibility index (Phi) is 12.9. The summed E-state index contributed by atoms with van der Waals surface area (Å²) >= 11 is 0. The summed E-state index contributed by atoms with van der Waals surface area (Å²) in [7, 11) is 0. The lowest BCUT2D eigenvalue weighted by Gasteiger charge is -2.31. The number of H-pyrrole nitrogens is 2. The van der Waals surface area contributed by atoms with E-state index in [2.05, 4.69) is 110 Å². The number of aryl methyl sites for hydroxylation is 4. The first-order valence-corrected chi connectivity index (χ1v) is 21.9. The van der Waals surface area contributed by atoms with Gasteiger partial charge in [-0.3, -0.25) is 4.98 Å². The van der Waals surface area contributed by atoms with Gasteiger partial charge in [-0.1, -0.05) is 107 Å². The van der Waals surface area contributed by atoms with Gasteiger partial charge in [-0.2, -0.15) is 0 Å². The van der Waals surface area contributed by atoms with Crippen molar-refractivity contribution in [1.82, 2.24) is 19.9 Å². The molecule has 1 atom stereocenters. The fourth-order valence-corrected chi connectivity index (χ4v) is 9.92. The Morgan fingerprint density at radius 2 is 1.17 bits per heavy atom. The predicted octanol–water partition coefficient (Wildman–Crippen LogP) is 14.0. The minimum absolute atomic E-state index is 0.0235. The second kappa shape index (κ2) is 17.4. The Morgan fingerprint density at radius 1 is 0.611 bits per heavy atom. The van der Waals surface area contributed by atoms with Crippen LogP contribution in [-0.2, 0) is 35.8 Å². The van der Waals surface area contributed by atoms with E-state index >= 15 is 0 Å². The summed E-state index contributed by atoms with van der Waals surface area (Å²) in [6, 6.07) is 11.8. The summed E-state index contributed by atoms with van der Waals surface area (Å²) in [5, 5.41) is 1.16. The number of nitrogens with one attached hydrogen (secondary N) is 2. The van der Waals surface area contributed by atoms with Crippen molar-refractivity contribution in [1.29, 1.82) is 0 Å². The van der Waals surface area contributed by atoms with Gasteiger partial charge in [0.15, 0.2) is 0 Å². The van der Waals surface area contributed by atoms with Gasteiger partial charge in [0.2, 0.25) is 0 Å². The average Bonchev–Trinajstić information content (AvgIpc) is 3.91. The van der Waals surface area contributed by atoms with E-state index in [1.807, 2.05) is 0 Å². The highest BCUT2D eigenvalue weighted by Crippen LogP contribution is 2.50. The van der Waals surface area contributed by atoms with Crippen molar-refractivity contribution in [3.05, 3.63) is 80.8 Å². The zero-order valence-corrected chi connectivity index (χ0v) is 35.4. The van der Waals surface area contributed by atoms with Crippen molar-refractivity contribution in [2.45, 2.75) is 171 Å². The number of benzene rings is 1. The standard InChI is InChI=1S/C49H68N4O/c1-11-20-21-22-23-24-27-54-31(10)38-25-26-39-47-37(17-7)36(16-6)43(52-47)29-42-33(13-3)32(12-2)40(50-42)28-41-34(14-4)35(15-5)44(51-41)30-45-49(18-8,19-9)46(38)48(39)53-45/h25-26,28-31,50-51H,11-24,27H2,1-10H3. The molecule has 5 nitrogen and oxygen atoms in total. The number of hydrogen-bond donors (Lipinski definition) is 2. The molecule has 54 heavy (non-hydrogen) atoms. The van der Waals surface area contributed by atoms with Crippen molar-refractivity contribution >= 4 is 44.1 Å². The molecule has 2 aliphatic rings. The van der Waals surface area contributed by atoms with Gasteiger partial charge in [-0.25, -0.2) is 4.98 Å². The topological polar surface area (TPSA) is 66.6 Å². The summed E-state index contributed by atoms with van der Waals surface area (Å²) in [5.41, 5.74) is 20.0. The lowest BCUT2D eigenvalue weighted by atomic mass is 9.71. The van der Waals surface area contributed by atoms with Crippen molar-refractivity contribution in [2.75, 3.05) is 6.61 Å². The molecule has 2 N–H and O–H groups in total. The lowest BCUT2D eigenvalue weighted by molar-refractivity contribution is 0.0616. The van der Waals surface area contributed by atoms with Crippen LogP contribution in [0.4, 0.5) is 0 Å². The largest absolute Gasteiger partial charge is 0.374 e. The molecular weight excluding hydrogens is 661 g/mol. The summed E-state index contributed by atoms with van der Waals surface area (Å²) in [5.74, 6) is 0. The van der Waals surface area contributed by atoms with Gasteiger partial charge in [0, 0.05) is 39.5 Å². The van der Waals surface area contributed by atoms with Crippen molar-refractivity contribution < 1.29 is 4.74 Å². The number of ether oxygens (including phenoxy) is 1. The van der Waals surface area contributed by atoms with Crippen LogP contribution in [-0.4, -0.2) is 26.5 Å². The molecule has 0 saturated heterocycles. The van der Waals surface area contributed by atoms with Crippen LogP contribution in [0, 0.1) is 0 Å². The van der Waals surface area contributed by atoms with Crippen molar-refractivity contribution in [3.8, 4) is 0 Å². The van der Waals surface area contributed by atoms with Gasteiger partial charge in [-0.05, 0) is 127 Å². The number of hydrogen-bond acceptors (Lipinski definition) is 3. The Morgan fingerprint density at radius 3 is 1.72 bits per heavy atom. The predicted molar refractivity (Wildman–Crippen MR) is 233 cm³/mol. The van der Waals surface area contributed by atoms with Crippen LogP contribution in [0.1, 0.15) is 190 Å². The number of aromatic amines is 2. The maximum absolute atomic E-state index is 6.71. The number of rotatable bonds is 17. The molecule has 3 aromatic heterocycles. The van der Waals surface area contributed by atoms with Crippen molar-refractivity contribution in [2.24, 2.45) is 0 Å². The van der Waals surface area contributed by atoms with Crippen LogP contribution in [0.5, 0.6) is 0 Å². The van der Waals surface area contributed by atoms with Crippen LogP contribution in [0.25, 0.3) is 44.1 Å². The first kappa shape index (κ1) is 40.0. The monoisotopic (exact) mass is 729 g/mol. The minimum Gasteiger partial charge on any atom is -0.374 e. The van der Waals surface area contributed by atoms with Crippen LogP contribution in [0.2, 0.25) is 0 Å². The molecule has 4 aromatic rings. The van der Waals surface area contributed by atoms with Crippen LogP contribution in [0.3, 0.4) is 0 Å². The smallest absolute Gasteiger partial charge is 0.0800 e. The number of fused-ring (bicyclic) bond motifs is 8. The fourth-order valence-electron chi connectivity index (χ4n) is 9.92. The molecule has 0 spiro atoms. The lowest BCUT2D eigenvalue weighted by Crippen LogP contribution is -2.26. The summed E-state index contributed by atoms with van der Waals surface area (Å²) in [6.45, 7) is 23.8. The van der Waals surface area contributed by atoms with Gasteiger partial charge >= 0.3 is 0 Å². The third kappa shape index (κ3) is 6.99. The van der Waals surface area contributed by atoms with Crippen molar-refractivity contribution in [3.63, 3.8) is 0 Å². The molecule has 0 saturated carbocycles. The molecular formula is C49H68N4O. The normalized spacial score (nSPS) is 14.6. The Labute approximate surface area is 325 Å². The maximum atomic E-state index is 6.71. The second-order valence-electron chi connectivity index (χ2n) is 15.7. The third-order valence-electron chi connectivity index (χ3n) is 12.9. The van der Waals surface area contributed by atoms with E-state index in [0.717, 1.165) is 92.4 Å². The maximum Gasteiger partial charge on any atom is 0.0800 e. The summed E-state index contributed by atoms with van der Waals surface area (Å²) < 4.78 is 6.71. The fraction of sp³-hybridized carbons (Fsp3) is 0.551. The minimum atomic E-state index is -0.236. The van der Waals surface area contributed by atoms with E-state index in [4.69, 9.17) is 14.7 Å². The molecule has 6 rings (SSSR count). The Bertz CT molecular complexity index is 2160. The van der Waals surface area contributed by atoms with Crippen LogP contribution in [0.15, 0.2) is 30.3 Å². The molecule has 5 heteroatoms. The molecule has 2 aliphatic heterocycles. The highest BCUT2D eigenvalue weighted by Gasteiger charge is 2.41. The number of unbranched alkanes of at least 4 members (excludes halogenated alkanes) is 5. The molecule has 1 unspecified atom stereocenters. The van der Waals surface area contributed by atoms with Crippen LogP contribution < -0.4 is 0 Å². The average molecular weight is 729 g/mol. The third-order valence-corrected chi connectivity index (χ3v) is 12.9. The van der Waals surface area contributed by atoms with Crippen LogP contribution >= 0.6 is 0 Å². The number of allylic oxidation sites excluding steroid dienone is 2. The quantitative estimate of drug-likeness (QED) is 0.106. The summed E-state index contributed by atoms with van der Waals surface area (Å²) in [4.78, 5) is 19.2. The number of aromatic nitrogens is 4. The number of nitrogens with zero attached hydrogens (tertiary/aromatic N) is 2. The van der Waals surface area contributed by atoms with Gasteiger partial charge < -0.3 is 14.7 Å². The molecule has 0 amide bonds. The van der Waals surface area contributed by atoms with E-state index in [-0.39, 0.29) is 11.5 Å². The molecule has 8 bridgehead atoms. The van der Waals surface area contributed by atoms with E-state index in [9.17, 15) is 0 Å². The second-order valence-corrected chi connectivity index (χ2v) is 15.7.